The number of benzene rings is 1. The lowest BCUT2D eigenvalue weighted by molar-refractivity contribution is 0.136. The molecule has 0 bridgehead atoms. The summed E-state index contributed by atoms with van der Waals surface area (Å²) in [5.74, 6) is 2.56. The van der Waals surface area contributed by atoms with Crippen molar-refractivity contribution in [2.24, 2.45) is 11.8 Å². The Morgan fingerprint density at radius 1 is 1.25 bits per heavy atom. The summed E-state index contributed by atoms with van der Waals surface area (Å²) >= 11 is 0. The molecular weight excluding hydrogens is 250 g/mol. The van der Waals surface area contributed by atoms with Crippen LogP contribution in [0.15, 0.2) is 24.3 Å². The number of aliphatic hydroxyl groups excluding tert-OH is 1. The summed E-state index contributed by atoms with van der Waals surface area (Å²) in [6.45, 7) is 0.203. The van der Waals surface area contributed by atoms with Gasteiger partial charge in [-0.1, -0.05) is 25.0 Å². The van der Waals surface area contributed by atoms with Gasteiger partial charge >= 0.3 is 0 Å². The Morgan fingerprint density at radius 3 is 2.75 bits per heavy atom. The number of rotatable bonds is 5. The zero-order chi connectivity index (χ0) is 14.0. The molecule has 2 unspecified atom stereocenters. The number of methoxy groups -OCH3 is 1. The van der Waals surface area contributed by atoms with Crippen molar-refractivity contribution < 1.29 is 9.84 Å². The normalized spacial score (nSPS) is 30.0. The van der Waals surface area contributed by atoms with Crippen LogP contribution < -0.4 is 10.1 Å². The summed E-state index contributed by atoms with van der Waals surface area (Å²) in [7, 11) is 1.69. The smallest absolute Gasteiger partial charge is 0.141 e. The molecule has 3 heteroatoms. The molecule has 3 nitrogen and oxygen atoms in total. The third-order valence-corrected chi connectivity index (χ3v) is 4.98. The molecule has 0 aromatic heterocycles. The van der Waals surface area contributed by atoms with Gasteiger partial charge in [0.2, 0.25) is 0 Å². The molecule has 0 aliphatic heterocycles. The number of hydrogen-bond donors (Lipinski definition) is 2. The van der Waals surface area contributed by atoms with Gasteiger partial charge in [-0.2, -0.15) is 0 Å². The van der Waals surface area contributed by atoms with Gasteiger partial charge in [0.1, 0.15) is 5.75 Å². The average Bonchev–Trinajstić information content (AvgIpc) is 3.33. The molecule has 2 aliphatic rings. The molecule has 2 N–H and O–H groups in total. The fourth-order valence-electron chi connectivity index (χ4n) is 3.71. The molecule has 20 heavy (non-hydrogen) atoms. The summed E-state index contributed by atoms with van der Waals surface area (Å²) < 4.78 is 5.42. The van der Waals surface area contributed by atoms with Crippen molar-refractivity contribution in [2.45, 2.75) is 44.1 Å². The van der Waals surface area contributed by atoms with Gasteiger partial charge in [-0.3, -0.25) is 0 Å². The fraction of sp³-hybridized carbons (Fsp3) is 0.647. The Morgan fingerprint density at radius 2 is 2.05 bits per heavy atom. The topological polar surface area (TPSA) is 41.5 Å². The molecule has 1 aromatic rings. The van der Waals surface area contributed by atoms with Gasteiger partial charge in [0, 0.05) is 0 Å². The standard InChI is InChI=1S/C17H25NO2/c1-20-16-7-3-2-6-15(16)18-17(12-19)10-4-5-14(11-17)13-8-9-13/h2-3,6-7,13-14,18-19H,4-5,8-12H2,1H3. The molecule has 2 aliphatic carbocycles. The minimum atomic E-state index is -0.167. The van der Waals surface area contributed by atoms with Gasteiger partial charge in [0.05, 0.1) is 24.9 Å². The lowest BCUT2D eigenvalue weighted by atomic mass is 9.74. The van der Waals surface area contributed by atoms with Gasteiger partial charge in [-0.15, -0.1) is 0 Å². The highest BCUT2D eigenvalue weighted by Crippen LogP contribution is 2.47. The molecule has 0 radical (unpaired) electrons. The molecule has 0 spiro atoms. The highest BCUT2D eigenvalue weighted by molar-refractivity contribution is 5.57. The van der Waals surface area contributed by atoms with Crippen molar-refractivity contribution >= 4 is 5.69 Å². The van der Waals surface area contributed by atoms with Crippen molar-refractivity contribution in [1.29, 1.82) is 0 Å². The highest BCUT2D eigenvalue weighted by Gasteiger charge is 2.42. The molecule has 2 saturated carbocycles. The second kappa shape index (κ2) is 5.65. The van der Waals surface area contributed by atoms with E-state index in [2.05, 4.69) is 5.32 Å². The summed E-state index contributed by atoms with van der Waals surface area (Å²) in [5, 5.41) is 13.6. The minimum absolute atomic E-state index is 0.167. The highest BCUT2D eigenvalue weighted by atomic mass is 16.5. The number of nitrogens with one attached hydrogen (secondary N) is 1. The predicted octanol–water partition coefficient (Wildman–Crippen LogP) is 3.44. The van der Waals surface area contributed by atoms with E-state index < -0.39 is 0 Å². The Balaban J connectivity index is 1.77. The van der Waals surface area contributed by atoms with Crippen molar-refractivity contribution in [1.82, 2.24) is 0 Å². The second-order valence-corrected chi connectivity index (χ2v) is 6.46. The van der Waals surface area contributed by atoms with E-state index in [0.717, 1.165) is 36.1 Å². The first kappa shape index (κ1) is 13.7. The number of anilines is 1. The van der Waals surface area contributed by atoms with Gasteiger partial charge < -0.3 is 15.2 Å². The van der Waals surface area contributed by atoms with Crippen LogP contribution in [0.4, 0.5) is 5.69 Å². The summed E-state index contributed by atoms with van der Waals surface area (Å²) in [4.78, 5) is 0. The fourth-order valence-corrected chi connectivity index (χ4v) is 3.71. The van der Waals surface area contributed by atoms with E-state index >= 15 is 0 Å². The molecule has 1 aromatic carbocycles. The molecule has 0 heterocycles. The van der Waals surface area contributed by atoms with E-state index in [4.69, 9.17) is 4.74 Å². The third kappa shape index (κ3) is 2.78. The molecule has 3 rings (SSSR count). The van der Waals surface area contributed by atoms with E-state index in [1.807, 2.05) is 24.3 Å². The number of hydrogen-bond acceptors (Lipinski definition) is 3. The summed E-state index contributed by atoms with van der Waals surface area (Å²) in [6, 6.07) is 7.99. The van der Waals surface area contributed by atoms with Crippen LogP contribution in [0.3, 0.4) is 0 Å². The van der Waals surface area contributed by atoms with E-state index in [9.17, 15) is 5.11 Å². The molecule has 2 atom stereocenters. The minimum Gasteiger partial charge on any atom is -0.495 e. The van der Waals surface area contributed by atoms with Crippen LogP contribution in [0, 0.1) is 11.8 Å². The maximum Gasteiger partial charge on any atom is 0.141 e. The first-order valence-electron chi connectivity index (χ1n) is 7.78. The third-order valence-electron chi connectivity index (χ3n) is 4.98. The van der Waals surface area contributed by atoms with Gasteiger partial charge in [-0.25, -0.2) is 0 Å². The Kier molecular flexibility index (Phi) is 3.88. The van der Waals surface area contributed by atoms with Crippen molar-refractivity contribution in [2.75, 3.05) is 19.0 Å². The number of ether oxygens (including phenoxy) is 1. The lowest BCUT2D eigenvalue weighted by Crippen LogP contribution is -2.46. The zero-order valence-corrected chi connectivity index (χ0v) is 12.3. The maximum atomic E-state index is 9.98. The molecular formula is C17H25NO2. The lowest BCUT2D eigenvalue weighted by Gasteiger charge is -2.41. The maximum absolute atomic E-state index is 9.98. The number of para-hydroxylation sites is 2. The van der Waals surface area contributed by atoms with Crippen LogP contribution in [0.1, 0.15) is 38.5 Å². The Labute approximate surface area is 121 Å². The van der Waals surface area contributed by atoms with Crippen molar-refractivity contribution in [3.05, 3.63) is 24.3 Å². The van der Waals surface area contributed by atoms with E-state index in [1.54, 1.807) is 7.11 Å². The molecule has 2 fully saturated rings. The zero-order valence-electron chi connectivity index (χ0n) is 12.3. The van der Waals surface area contributed by atoms with Gasteiger partial charge in [0.25, 0.3) is 0 Å². The largest absolute Gasteiger partial charge is 0.495 e. The number of aliphatic hydroxyl groups is 1. The van der Waals surface area contributed by atoms with E-state index in [0.29, 0.717) is 0 Å². The quantitative estimate of drug-likeness (QED) is 0.865. The van der Waals surface area contributed by atoms with Crippen molar-refractivity contribution in [3.63, 3.8) is 0 Å². The first-order valence-corrected chi connectivity index (χ1v) is 7.78. The van der Waals surface area contributed by atoms with E-state index in [1.165, 1.54) is 25.7 Å². The van der Waals surface area contributed by atoms with Gasteiger partial charge in [-0.05, 0) is 49.7 Å². The van der Waals surface area contributed by atoms with Crippen LogP contribution in [0.25, 0.3) is 0 Å². The molecule has 110 valence electrons. The van der Waals surface area contributed by atoms with Crippen LogP contribution in [0.2, 0.25) is 0 Å². The van der Waals surface area contributed by atoms with Crippen LogP contribution >= 0.6 is 0 Å². The Hall–Kier alpha value is -1.22. The summed E-state index contributed by atoms with van der Waals surface area (Å²) in [5.41, 5.74) is 0.834. The SMILES string of the molecule is COc1ccccc1NC1(CO)CCCC(C2CC2)C1. The van der Waals surface area contributed by atoms with Gasteiger partial charge in [0.15, 0.2) is 0 Å². The van der Waals surface area contributed by atoms with Crippen LogP contribution in [-0.2, 0) is 0 Å². The van der Waals surface area contributed by atoms with Crippen LogP contribution in [-0.4, -0.2) is 24.4 Å². The average molecular weight is 275 g/mol. The molecule has 0 amide bonds. The van der Waals surface area contributed by atoms with Crippen molar-refractivity contribution in [3.8, 4) is 5.75 Å². The summed E-state index contributed by atoms with van der Waals surface area (Å²) in [6.07, 6.45) is 7.46. The Bertz CT molecular complexity index is 458. The molecule has 0 saturated heterocycles. The second-order valence-electron chi connectivity index (χ2n) is 6.46. The first-order chi connectivity index (χ1) is 9.76. The monoisotopic (exact) mass is 275 g/mol. The predicted molar refractivity (Wildman–Crippen MR) is 81.1 cm³/mol. The van der Waals surface area contributed by atoms with E-state index in [-0.39, 0.29) is 12.1 Å². The van der Waals surface area contributed by atoms with Crippen LogP contribution in [0.5, 0.6) is 5.75 Å².